The first-order chi connectivity index (χ1) is 13.8. The quantitative estimate of drug-likeness (QED) is 0.501. The number of rotatable bonds is 4. The lowest BCUT2D eigenvalue weighted by Gasteiger charge is -2.23. The first kappa shape index (κ1) is 19.6. The molecule has 0 bridgehead atoms. The highest BCUT2D eigenvalue weighted by Crippen LogP contribution is 2.37. The molecule has 0 atom stereocenters. The Bertz CT molecular complexity index is 1410. The third kappa shape index (κ3) is 3.02. The Kier molecular flexibility index (Phi) is 4.68. The summed E-state index contributed by atoms with van der Waals surface area (Å²) in [6.07, 6.45) is 1.55. The van der Waals surface area contributed by atoms with Crippen molar-refractivity contribution < 1.29 is 5.11 Å². The van der Waals surface area contributed by atoms with Gasteiger partial charge in [-0.1, -0.05) is 50.8 Å². The van der Waals surface area contributed by atoms with Gasteiger partial charge in [-0.05, 0) is 29.8 Å². The molecule has 29 heavy (non-hydrogen) atoms. The van der Waals surface area contributed by atoms with Gasteiger partial charge in [0.15, 0.2) is 0 Å². The van der Waals surface area contributed by atoms with E-state index < -0.39 is 5.41 Å². The molecule has 4 rings (SSSR count). The van der Waals surface area contributed by atoms with Crippen LogP contribution in [-0.4, -0.2) is 16.3 Å². The molecule has 148 valence electrons. The highest BCUT2D eigenvalue weighted by atomic mass is 32.1. The van der Waals surface area contributed by atoms with E-state index in [2.05, 4.69) is 18.7 Å². The maximum atomic E-state index is 13.3. The summed E-state index contributed by atoms with van der Waals surface area (Å²) in [5.41, 5.74) is -0.828. The van der Waals surface area contributed by atoms with Gasteiger partial charge in [0.1, 0.15) is 0 Å². The number of pyridine rings is 1. The van der Waals surface area contributed by atoms with E-state index >= 15 is 0 Å². The molecule has 4 nitrogen and oxygen atoms in total. The number of aliphatic hydroxyl groups excluding tert-OH is 1. The van der Waals surface area contributed by atoms with E-state index in [0.717, 1.165) is 25.7 Å². The number of fused-ring (bicyclic) bond motifs is 5. The molecule has 5 heteroatoms. The largest absolute Gasteiger partial charge is 0.396 e. The summed E-state index contributed by atoms with van der Waals surface area (Å²) in [5.74, 6) is 0. The van der Waals surface area contributed by atoms with Gasteiger partial charge in [-0.3, -0.25) is 14.2 Å². The molecule has 0 amide bonds. The van der Waals surface area contributed by atoms with Gasteiger partial charge >= 0.3 is 0 Å². The van der Waals surface area contributed by atoms with Gasteiger partial charge in [-0.25, -0.2) is 0 Å². The Morgan fingerprint density at radius 1 is 1.03 bits per heavy atom. The van der Waals surface area contributed by atoms with E-state index in [-0.39, 0.29) is 24.3 Å². The van der Waals surface area contributed by atoms with Crippen LogP contribution < -0.4 is 11.1 Å². The number of aromatic nitrogens is 1. The van der Waals surface area contributed by atoms with Crippen LogP contribution in [0.4, 0.5) is 0 Å². The Morgan fingerprint density at radius 2 is 1.72 bits per heavy atom. The summed E-state index contributed by atoms with van der Waals surface area (Å²) in [4.78, 5) is 27.6. The third-order valence-electron chi connectivity index (χ3n) is 5.44. The van der Waals surface area contributed by atoms with Gasteiger partial charge in [0.05, 0.1) is 0 Å². The van der Waals surface area contributed by atoms with Crippen molar-refractivity contribution in [2.24, 2.45) is 5.41 Å². The monoisotopic (exact) mass is 405 g/mol. The lowest BCUT2D eigenvalue weighted by Crippen LogP contribution is -2.40. The smallest absolute Gasteiger partial charge is 0.261 e. The third-order valence-corrected chi connectivity index (χ3v) is 6.52. The lowest BCUT2D eigenvalue weighted by molar-refractivity contribution is 0.139. The Labute approximate surface area is 172 Å². The molecule has 2 aromatic heterocycles. The average molecular weight is 406 g/mol. The van der Waals surface area contributed by atoms with Crippen molar-refractivity contribution in [2.75, 3.05) is 6.61 Å². The van der Waals surface area contributed by atoms with Crippen molar-refractivity contribution in [3.05, 3.63) is 74.1 Å². The predicted molar refractivity (Wildman–Crippen MR) is 123 cm³/mol. The molecular formula is C24H23NO3S. The second kappa shape index (κ2) is 6.94. The fourth-order valence-electron chi connectivity index (χ4n) is 3.95. The van der Waals surface area contributed by atoms with E-state index in [0.29, 0.717) is 16.3 Å². The fraction of sp³-hybridized carbons (Fsp3) is 0.250. The number of benzene rings is 2. The van der Waals surface area contributed by atoms with Gasteiger partial charge in [-0.2, -0.15) is 0 Å². The molecule has 4 aromatic rings. The van der Waals surface area contributed by atoms with Crippen molar-refractivity contribution >= 4 is 49.0 Å². The first-order valence-corrected chi connectivity index (χ1v) is 10.4. The molecule has 0 fully saturated rings. The highest BCUT2D eigenvalue weighted by Gasteiger charge is 2.23. The van der Waals surface area contributed by atoms with Crippen LogP contribution in [0.5, 0.6) is 0 Å². The van der Waals surface area contributed by atoms with Crippen LogP contribution in [0.1, 0.15) is 24.3 Å². The van der Waals surface area contributed by atoms with Crippen molar-refractivity contribution in [2.45, 2.75) is 27.3 Å². The van der Waals surface area contributed by atoms with Crippen LogP contribution in [0.15, 0.2) is 52.6 Å². The molecule has 0 aliphatic heterocycles. The Morgan fingerprint density at radius 3 is 2.41 bits per heavy atom. The SMILES string of the molecule is C=Cc1c(=O)n(CC(C)(C)CO)c(=O)c2ccc3c4ccccc4sc(C)c3c12. The molecule has 0 aliphatic rings. The molecule has 0 saturated heterocycles. The van der Waals surface area contributed by atoms with Crippen molar-refractivity contribution in [1.29, 1.82) is 0 Å². The zero-order valence-corrected chi connectivity index (χ0v) is 17.6. The number of hydrogen-bond acceptors (Lipinski definition) is 4. The topological polar surface area (TPSA) is 59.3 Å². The molecule has 1 N–H and O–H groups in total. The Balaban J connectivity index is 2.22. The highest BCUT2D eigenvalue weighted by molar-refractivity contribution is 7.19. The van der Waals surface area contributed by atoms with Gasteiger partial charge in [0.2, 0.25) is 0 Å². The number of nitrogens with zero attached hydrogens (tertiary/aromatic N) is 1. The van der Waals surface area contributed by atoms with Crippen molar-refractivity contribution in [1.82, 2.24) is 4.57 Å². The molecule has 0 saturated carbocycles. The van der Waals surface area contributed by atoms with Crippen LogP contribution in [0.3, 0.4) is 0 Å². The van der Waals surface area contributed by atoms with Gasteiger partial charge in [0, 0.05) is 49.9 Å². The first-order valence-electron chi connectivity index (χ1n) is 9.54. The molecule has 2 heterocycles. The molecule has 0 aliphatic carbocycles. The predicted octanol–water partition coefficient (Wildman–Crippen LogP) is 4.70. The van der Waals surface area contributed by atoms with Crippen molar-refractivity contribution in [3.63, 3.8) is 0 Å². The summed E-state index contributed by atoms with van der Waals surface area (Å²) >= 11 is 1.66. The summed E-state index contributed by atoms with van der Waals surface area (Å²) in [7, 11) is 0. The minimum Gasteiger partial charge on any atom is -0.396 e. The second-order valence-corrected chi connectivity index (χ2v) is 9.46. The van der Waals surface area contributed by atoms with Gasteiger partial charge < -0.3 is 5.11 Å². The average Bonchev–Trinajstić information content (AvgIpc) is 2.71. The summed E-state index contributed by atoms with van der Waals surface area (Å²) < 4.78 is 2.40. The van der Waals surface area contributed by atoms with Gasteiger partial charge in [-0.15, -0.1) is 11.3 Å². The van der Waals surface area contributed by atoms with E-state index in [1.807, 2.05) is 45.0 Å². The molecule has 2 aromatic carbocycles. The molecule has 0 radical (unpaired) electrons. The fourth-order valence-corrected chi connectivity index (χ4v) is 5.02. The lowest BCUT2D eigenvalue weighted by atomic mass is 9.93. The van der Waals surface area contributed by atoms with E-state index in [1.54, 1.807) is 17.4 Å². The zero-order chi connectivity index (χ0) is 20.9. The van der Waals surface area contributed by atoms with E-state index in [1.165, 1.54) is 4.57 Å². The van der Waals surface area contributed by atoms with Gasteiger partial charge in [0.25, 0.3) is 11.1 Å². The molecule has 0 unspecified atom stereocenters. The van der Waals surface area contributed by atoms with Crippen LogP contribution in [-0.2, 0) is 6.54 Å². The second-order valence-electron chi connectivity index (χ2n) is 8.20. The summed E-state index contributed by atoms with van der Waals surface area (Å²) in [6.45, 7) is 9.58. The van der Waals surface area contributed by atoms with Crippen LogP contribution in [0, 0.1) is 12.3 Å². The van der Waals surface area contributed by atoms with Crippen LogP contribution in [0.25, 0.3) is 37.7 Å². The Hall–Kier alpha value is -2.76. The molecule has 0 spiro atoms. The zero-order valence-electron chi connectivity index (χ0n) is 16.8. The summed E-state index contributed by atoms with van der Waals surface area (Å²) in [6, 6.07) is 11.9. The maximum Gasteiger partial charge on any atom is 0.261 e. The van der Waals surface area contributed by atoms with E-state index in [9.17, 15) is 14.7 Å². The van der Waals surface area contributed by atoms with Crippen molar-refractivity contribution in [3.8, 4) is 0 Å². The maximum absolute atomic E-state index is 13.3. The van der Waals surface area contributed by atoms with E-state index in [4.69, 9.17) is 0 Å². The number of hydrogen-bond donors (Lipinski definition) is 1. The normalized spacial score (nSPS) is 12.1. The minimum atomic E-state index is -0.583. The standard InChI is InChI=1S/C24H23NO3S/c1-5-15-21-18(23(28)25(22(15)27)12-24(3,4)13-26)11-10-17-16-8-6-7-9-19(16)29-14(2)20(17)21/h5-11,26H,1,12-13H2,2-4H3. The molecular weight excluding hydrogens is 382 g/mol. The van der Waals surface area contributed by atoms with Crippen LogP contribution >= 0.6 is 11.3 Å². The number of aliphatic hydroxyl groups is 1. The number of aryl methyl sites for hydroxylation is 1. The minimum absolute atomic E-state index is 0.120. The van der Waals surface area contributed by atoms with Crippen LogP contribution in [0.2, 0.25) is 0 Å². The summed E-state index contributed by atoms with van der Waals surface area (Å²) in [5, 5.41) is 13.9.